The summed E-state index contributed by atoms with van der Waals surface area (Å²) in [5, 5.41) is 2.66. The highest BCUT2D eigenvalue weighted by Gasteiger charge is 2.33. The van der Waals surface area contributed by atoms with Crippen LogP contribution < -0.4 is 10.1 Å². The summed E-state index contributed by atoms with van der Waals surface area (Å²) in [4.78, 5) is 30.7. The van der Waals surface area contributed by atoms with E-state index >= 15 is 0 Å². The normalized spacial score (nSPS) is 16.6. The van der Waals surface area contributed by atoms with Crippen molar-refractivity contribution in [3.05, 3.63) is 53.9 Å². The van der Waals surface area contributed by atoms with Crippen molar-refractivity contribution in [2.24, 2.45) is 0 Å². The van der Waals surface area contributed by atoms with Crippen molar-refractivity contribution in [2.75, 3.05) is 19.0 Å². The highest BCUT2D eigenvalue weighted by atomic mass is 16.5. The van der Waals surface area contributed by atoms with Crippen molar-refractivity contribution in [2.45, 2.75) is 25.8 Å². The minimum absolute atomic E-state index is 0.108. The Balaban J connectivity index is 1.76. The number of aryl methyl sites for hydroxylation is 1. The molecule has 1 saturated heterocycles. The molecule has 6 nitrogen and oxygen atoms in total. The van der Waals surface area contributed by atoms with Crippen LogP contribution in [0.5, 0.6) is 5.75 Å². The molecule has 1 aromatic heterocycles. The topological polar surface area (TPSA) is 71.5 Å². The third kappa shape index (κ3) is 3.63. The van der Waals surface area contributed by atoms with E-state index in [4.69, 9.17) is 4.74 Å². The maximum absolute atomic E-state index is 12.7. The minimum atomic E-state index is -0.633. The molecule has 1 fully saturated rings. The first-order chi connectivity index (χ1) is 12.1. The maximum Gasteiger partial charge on any atom is 0.313 e. The average molecular weight is 339 g/mol. The van der Waals surface area contributed by atoms with E-state index in [-0.39, 0.29) is 6.04 Å². The number of rotatable bonds is 3. The third-order valence-corrected chi connectivity index (χ3v) is 4.47. The molecule has 2 heterocycles. The predicted octanol–water partition coefficient (Wildman–Crippen LogP) is 2.70. The van der Waals surface area contributed by atoms with Gasteiger partial charge in [0, 0.05) is 12.7 Å². The quantitative estimate of drug-likeness (QED) is 0.873. The second kappa shape index (κ2) is 7.34. The number of anilines is 1. The summed E-state index contributed by atoms with van der Waals surface area (Å²) in [5.41, 5.74) is 2.40. The Morgan fingerprint density at radius 2 is 2.16 bits per heavy atom. The molecule has 0 spiro atoms. The standard InChI is InChI=1S/C19H21N3O3/c1-13-8-9-20-12-16(13)21-18(23)19(24)22-10-4-7-17(22)14-5-3-6-15(11-14)25-2/h3,5-6,8-9,11-12,17H,4,7,10H2,1-2H3,(H,21,23)/t17-/m1/s1. The summed E-state index contributed by atoms with van der Waals surface area (Å²) in [5.74, 6) is -0.410. The number of carbonyl (C=O) groups excluding carboxylic acids is 2. The number of pyridine rings is 1. The lowest BCUT2D eigenvalue weighted by molar-refractivity contribution is -0.143. The van der Waals surface area contributed by atoms with Gasteiger partial charge in [-0.25, -0.2) is 0 Å². The van der Waals surface area contributed by atoms with Gasteiger partial charge in [0.25, 0.3) is 0 Å². The lowest BCUT2D eigenvalue weighted by atomic mass is 10.0. The van der Waals surface area contributed by atoms with Gasteiger partial charge in [0.1, 0.15) is 5.75 Å². The fourth-order valence-electron chi connectivity index (χ4n) is 3.11. The molecule has 1 aromatic carbocycles. The summed E-state index contributed by atoms with van der Waals surface area (Å²) >= 11 is 0. The van der Waals surface area contributed by atoms with Gasteiger partial charge in [0.2, 0.25) is 0 Å². The van der Waals surface area contributed by atoms with E-state index in [1.54, 1.807) is 30.5 Å². The number of aromatic nitrogens is 1. The van der Waals surface area contributed by atoms with Crippen LogP contribution in [-0.2, 0) is 9.59 Å². The number of hydrogen-bond acceptors (Lipinski definition) is 4. The molecular formula is C19H21N3O3. The van der Waals surface area contributed by atoms with Crippen molar-refractivity contribution < 1.29 is 14.3 Å². The van der Waals surface area contributed by atoms with Crippen LogP contribution in [0.2, 0.25) is 0 Å². The molecule has 2 amide bonds. The van der Waals surface area contributed by atoms with Crippen LogP contribution in [0, 0.1) is 6.92 Å². The molecule has 1 N–H and O–H groups in total. The number of methoxy groups -OCH3 is 1. The van der Waals surface area contributed by atoms with Crippen LogP contribution in [0.4, 0.5) is 5.69 Å². The Kier molecular flexibility index (Phi) is 4.97. The molecule has 0 bridgehead atoms. The van der Waals surface area contributed by atoms with Crippen LogP contribution in [0.1, 0.15) is 30.0 Å². The van der Waals surface area contributed by atoms with Crippen LogP contribution in [0.3, 0.4) is 0 Å². The lowest BCUT2D eigenvalue weighted by Crippen LogP contribution is -2.39. The summed E-state index contributed by atoms with van der Waals surface area (Å²) in [6.45, 7) is 2.43. The average Bonchev–Trinajstić information content (AvgIpc) is 3.12. The zero-order chi connectivity index (χ0) is 17.8. The second-order valence-electron chi connectivity index (χ2n) is 6.08. The largest absolute Gasteiger partial charge is 0.497 e. The van der Waals surface area contributed by atoms with Gasteiger partial charge in [-0.2, -0.15) is 0 Å². The summed E-state index contributed by atoms with van der Waals surface area (Å²) in [7, 11) is 1.61. The number of likely N-dealkylation sites (tertiary alicyclic amines) is 1. The molecule has 0 radical (unpaired) electrons. The number of nitrogens with one attached hydrogen (secondary N) is 1. The summed E-state index contributed by atoms with van der Waals surface area (Å²) in [6, 6.07) is 9.32. The van der Waals surface area contributed by atoms with E-state index in [9.17, 15) is 9.59 Å². The zero-order valence-corrected chi connectivity index (χ0v) is 14.4. The fourth-order valence-corrected chi connectivity index (χ4v) is 3.11. The number of nitrogens with zero attached hydrogens (tertiary/aromatic N) is 2. The molecule has 2 aromatic rings. The van der Waals surface area contributed by atoms with E-state index in [2.05, 4.69) is 10.3 Å². The van der Waals surface area contributed by atoms with Crippen LogP contribution in [-0.4, -0.2) is 35.4 Å². The zero-order valence-electron chi connectivity index (χ0n) is 14.4. The minimum Gasteiger partial charge on any atom is -0.497 e. The fraction of sp³-hybridized carbons (Fsp3) is 0.316. The molecule has 0 aliphatic carbocycles. The molecule has 1 aliphatic rings. The van der Waals surface area contributed by atoms with Gasteiger partial charge in [-0.15, -0.1) is 0 Å². The lowest BCUT2D eigenvalue weighted by Gasteiger charge is -2.25. The van der Waals surface area contributed by atoms with Gasteiger partial charge in [-0.05, 0) is 49.1 Å². The number of benzene rings is 1. The smallest absolute Gasteiger partial charge is 0.313 e. The van der Waals surface area contributed by atoms with E-state index in [1.807, 2.05) is 31.2 Å². The molecule has 1 aliphatic heterocycles. The Hall–Kier alpha value is -2.89. The molecule has 1 atom stereocenters. The number of amides is 2. The Morgan fingerprint density at radius 3 is 2.92 bits per heavy atom. The molecule has 6 heteroatoms. The Bertz CT molecular complexity index is 791. The van der Waals surface area contributed by atoms with Crippen molar-refractivity contribution in [1.82, 2.24) is 9.88 Å². The first-order valence-electron chi connectivity index (χ1n) is 8.26. The van der Waals surface area contributed by atoms with Crippen molar-refractivity contribution >= 4 is 17.5 Å². The van der Waals surface area contributed by atoms with Crippen molar-refractivity contribution in [3.8, 4) is 5.75 Å². The third-order valence-electron chi connectivity index (χ3n) is 4.47. The first kappa shape index (κ1) is 17.0. The van der Waals surface area contributed by atoms with Crippen LogP contribution in [0.15, 0.2) is 42.7 Å². The molecule has 0 saturated carbocycles. The highest BCUT2D eigenvalue weighted by Crippen LogP contribution is 2.33. The van der Waals surface area contributed by atoms with Crippen molar-refractivity contribution in [1.29, 1.82) is 0 Å². The highest BCUT2D eigenvalue weighted by molar-refractivity contribution is 6.39. The molecular weight excluding hydrogens is 318 g/mol. The molecule has 0 unspecified atom stereocenters. The van der Waals surface area contributed by atoms with E-state index in [0.717, 1.165) is 29.7 Å². The van der Waals surface area contributed by atoms with E-state index in [0.29, 0.717) is 12.2 Å². The van der Waals surface area contributed by atoms with E-state index in [1.165, 1.54) is 0 Å². The van der Waals surface area contributed by atoms with E-state index < -0.39 is 11.8 Å². The summed E-state index contributed by atoms with van der Waals surface area (Å²) in [6.07, 6.45) is 4.89. The monoisotopic (exact) mass is 339 g/mol. The maximum atomic E-state index is 12.7. The first-order valence-corrected chi connectivity index (χ1v) is 8.26. The second-order valence-corrected chi connectivity index (χ2v) is 6.08. The van der Waals surface area contributed by atoms with Gasteiger partial charge >= 0.3 is 11.8 Å². The Labute approximate surface area is 146 Å². The van der Waals surface area contributed by atoms with Gasteiger partial charge in [-0.3, -0.25) is 14.6 Å². The van der Waals surface area contributed by atoms with Gasteiger partial charge in [-0.1, -0.05) is 12.1 Å². The number of hydrogen-bond donors (Lipinski definition) is 1. The van der Waals surface area contributed by atoms with Crippen molar-refractivity contribution in [3.63, 3.8) is 0 Å². The van der Waals surface area contributed by atoms with Crippen LogP contribution in [0.25, 0.3) is 0 Å². The molecule has 130 valence electrons. The predicted molar refractivity (Wildman–Crippen MR) is 94.3 cm³/mol. The SMILES string of the molecule is COc1cccc([C@H]2CCCN2C(=O)C(=O)Nc2cnccc2C)c1. The van der Waals surface area contributed by atoms with Crippen LogP contribution >= 0.6 is 0 Å². The number of ether oxygens (including phenoxy) is 1. The molecule has 25 heavy (non-hydrogen) atoms. The summed E-state index contributed by atoms with van der Waals surface area (Å²) < 4.78 is 5.26. The van der Waals surface area contributed by atoms with Gasteiger partial charge in [0.05, 0.1) is 25.0 Å². The van der Waals surface area contributed by atoms with Gasteiger partial charge in [0.15, 0.2) is 0 Å². The Morgan fingerprint density at radius 1 is 1.32 bits per heavy atom. The van der Waals surface area contributed by atoms with Gasteiger partial charge < -0.3 is 15.0 Å². The number of carbonyl (C=O) groups is 2. The molecule has 3 rings (SSSR count).